The maximum atomic E-state index is 11.0. The Balaban J connectivity index is 2.42. The van der Waals surface area contributed by atoms with Crippen LogP contribution in [0.3, 0.4) is 0 Å². The van der Waals surface area contributed by atoms with Gasteiger partial charge >= 0.3 is 6.03 Å². The summed E-state index contributed by atoms with van der Waals surface area (Å²) in [6.45, 7) is 0.498. The van der Waals surface area contributed by atoms with Crippen molar-refractivity contribution in [3.63, 3.8) is 0 Å². The molecule has 0 unspecified atom stereocenters. The second-order valence-electron chi connectivity index (χ2n) is 2.84. The fourth-order valence-electron chi connectivity index (χ4n) is 1.29. The summed E-state index contributed by atoms with van der Waals surface area (Å²) in [4.78, 5) is 13.6. The van der Waals surface area contributed by atoms with Crippen LogP contribution in [0.25, 0.3) is 10.4 Å². The number of nitrogens with one attached hydrogen (secondary N) is 2. The van der Waals surface area contributed by atoms with Crippen LogP contribution in [0.5, 0.6) is 0 Å². The lowest BCUT2D eigenvalue weighted by Crippen LogP contribution is -2.33. The smallest absolute Gasteiger partial charge is 0.319 e. The van der Waals surface area contributed by atoms with Gasteiger partial charge in [-0.3, -0.25) is 0 Å². The quantitative estimate of drug-likeness (QED) is 0.396. The number of benzene rings is 1. The van der Waals surface area contributed by atoms with Gasteiger partial charge in [-0.25, -0.2) is 4.79 Å². The summed E-state index contributed by atoms with van der Waals surface area (Å²) in [5.74, 6) is 0. The van der Waals surface area contributed by atoms with Gasteiger partial charge in [-0.1, -0.05) is 17.2 Å². The maximum absolute atomic E-state index is 11.0. The third-order valence-electron chi connectivity index (χ3n) is 1.94. The monoisotopic (exact) mass is 189 g/mol. The van der Waals surface area contributed by atoms with E-state index < -0.39 is 0 Å². The van der Waals surface area contributed by atoms with Crippen LogP contribution < -0.4 is 10.6 Å². The lowest BCUT2D eigenvalue weighted by molar-refractivity contribution is 0.251. The van der Waals surface area contributed by atoms with Crippen LogP contribution in [0, 0.1) is 0 Å². The highest BCUT2D eigenvalue weighted by Gasteiger charge is 2.12. The van der Waals surface area contributed by atoms with Crippen LogP contribution in [0.4, 0.5) is 16.2 Å². The van der Waals surface area contributed by atoms with E-state index in [-0.39, 0.29) is 6.03 Å². The lowest BCUT2D eigenvalue weighted by Gasteiger charge is -2.18. The Labute approximate surface area is 79.6 Å². The number of urea groups is 1. The van der Waals surface area contributed by atoms with Crippen LogP contribution in [0.15, 0.2) is 23.3 Å². The summed E-state index contributed by atoms with van der Waals surface area (Å²) in [6, 6.07) is 4.92. The Bertz CT molecular complexity index is 435. The van der Waals surface area contributed by atoms with Gasteiger partial charge in [0.25, 0.3) is 0 Å². The molecule has 14 heavy (non-hydrogen) atoms. The van der Waals surface area contributed by atoms with Crippen molar-refractivity contribution in [2.24, 2.45) is 5.11 Å². The van der Waals surface area contributed by atoms with E-state index >= 15 is 0 Å². The minimum absolute atomic E-state index is 0.240. The average Bonchev–Trinajstić information content (AvgIpc) is 2.17. The number of hydrogen-bond acceptors (Lipinski definition) is 2. The van der Waals surface area contributed by atoms with E-state index in [0.717, 1.165) is 5.56 Å². The van der Waals surface area contributed by atoms with Gasteiger partial charge in [0.15, 0.2) is 0 Å². The first-order valence-corrected chi connectivity index (χ1v) is 4.02. The highest BCUT2D eigenvalue weighted by atomic mass is 16.2. The van der Waals surface area contributed by atoms with Crippen molar-refractivity contribution in [3.8, 4) is 0 Å². The number of carbonyl (C=O) groups excluding carboxylic acids is 1. The van der Waals surface area contributed by atoms with Crippen molar-refractivity contribution in [3.05, 3.63) is 34.2 Å². The number of anilines is 1. The number of nitrogens with zero attached hydrogens (tertiary/aromatic N) is 3. The Morgan fingerprint density at radius 1 is 1.50 bits per heavy atom. The molecule has 70 valence electrons. The molecule has 0 spiro atoms. The first-order valence-electron chi connectivity index (χ1n) is 4.02. The molecule has 6 nitrogen and oxygen atoms in total. The van der Waals surface area contributed by atoms with E-state index in [4.69, 9.17) is 5.53 Å². The molecule has 0 aliphatic carbocycles. The maximum Gasteiger partial charge on any atom is 0.319 e. The van der Waals surface area contributed by atoms with E-state index in [1.807, 2.05) is 6.07 Å². The van der Waals surface area contributed by atoms with E-state index in [9.17, 15) is 4.79 Å². The zero-order chi connectivity index (χ0) is 9.97. The van der Waals surface area contributed by atoms with Gasteiger partial charge in [0, 0.05) is 22.8 Å². The second-order valence-corrected chi connectivity index (χ2v) is 2.84. The highest BCUT2D eigenvalue weighted by molar-refractivity contribution is 5.92. The summed E-state index contributed by atoms with van der Waals surface area (Å²) in [5, 5.41) is 8.71. The normalized spacial score (nSPS) is 13.3. The Hall–Kier alpha value is -2.20. The van der Waals surface area contributed by atoms with Crippen molar-refractivity contribution in [2.45, 2.75) is 6.54 Å². The van der Waals surface area contributed by atoms with Crippen molar-refractivity contribution in [2.75, 3.05) is 5.32 Å². The molecule has 0 saturated carbocycles. The molecule has 1 aromatic carbocycles. The van der Waals surface area contributed by atoms with Crippen LogP contribution in [-0.4, -0.2) is 6.03 Å². The van der Waals surface area contributed by atoms with E-state index in [1.54, 1.807) is 12.1 Å². The zero-order valence-electron chi connectivity index (χ0n) is 7.19. The summed E-state index contributed by atoms with van der Waals surface area (Å²) in [6.07, 6.45) is 0. The summed E-state index contributed by atoms with van der Waals surface area (Å²) in [5.41, 5.74) is 10.4. The molecular formula is C8H7N5O. The van der Waals surface area contributed by atoms with Gasteiger partial charge in [-0.05, 0) is 17.2 Å². The van der Waals surface area contributed by atoms with Gasteiger partial charge < -0.3 is 10.6 Å². The summed E-state index contributed by atoms with van der Waals surface area (Å²) >= 11 is 0. The fourth-order valence-corrected chi connectivity index (χ4v) is 1.29. The van der Waals surface area contributed by atoms with Crippen molar-refractivity contribution in [1.82, 2.24) is 5.32 Å². The molecule has 2 rings (SSSR count). The highest BCUT2D eigenvalue weighted by Crippen LogP contribution is 2.24. The molecule has 2 N–H and O–H groups in total. The van der Waals surface area contributed by atoms with E-state index in [0.29, 0.717) is 17.9 Å². The molecule has 1 aromatic rings. The SMILES string of the molecule is [N-]=[N+]=Nc1ccc2c(c1)NC(=O)NC2. The fraction of sp³-hybridized carbons (Fsp3) is 0.125. The molecule has 2 amide bonds. The van der Waals surface area contributed by atoms with Crippen LogP contribution in [0.1, 0.15) is 5.56 Å². The number of fused-ring (bicyclic) bond motifs is 1. The largest absolute Gasteiger partial charge is 0.334 e. The zero-order valence-corrected chi connectivity index (χ0v) is 7.19. The molecule has 1 heterocycles. The molecule has 0 atom stereocenters. The predicted octanol–water partition coefficient (Wildman–Crippen LogP) is 2.26. The van der Waals surface area contributed by atoms with Crippen LogP contribution in [0.2, 0.25) is 0 Å². The molecule has 0 radical (unpaired) electrons. The molecule has 1 aliphatic rings. The lowest BCUT2D eigenvalue weighted by atomic mass is 10.1. The molecule has 1 aliphatic heterocycles. The van der Waals surface area contributed by atoms with Crippen molar-refractivity contribution < 1.29 is 4.79 Å². The summed E-state index contributed by atoms with van der Waals surface area (Å²) in [7, 11) is 0. The molecular weight excluding hydrogens is 182 g/mol. The molecule has 6 heteroatoms. The van der Waals surface area contributed by atoms with Crippen LogP contribution >= 0.6 is 0 Å². The molecule has 0 aromatic heterocycles. The van der Waals surface area contributed by atoms with Gasteiger partial charge in [-0.15, -0.1) is 0 Å². The van der Waals surface area contributed by atoms with Crippen molar-refractivity contribution in [1.29, 1.82) is 0 Å². The number of carbonyl (C=O) groups is 1. The number of rotatable bonds is 1. The molecule has 0 fully saturated rings. The first-order chi connectivity index (χ1) is 6.79. The first kappa shape index (κ1) is 8.40. The average molecular weight is 189 g/mol. The molecule has 0 bridgehead atoms. The van der Waals surface area contributed by atoms with Gasteiger partial charge in [-0.2, -0.15) is 0 Å². The predicted molar refractivity (Wildman–Crippen MR) is 51.1 cm³/mol. The Kier molecular flexibility index (Phi) is 1.96. The number of azide groups is 1. The topological polar surface area (TPSA) is 89.9 Å². The van der Waals surface area contributed by atoms with Gasteiger partial charge in [0.1, 0.15) is 0 Å². The van der Waals surface area contributed by atoms with Crippen molar-refractivity contribution >= 4 is 17.4 Å². The third-order valence-corrected chi connectivity index (χ3v) is 1.94. The number of amides is 2. The standard InChI is InChI=1S/C8H7N5O/c9-13-12-6-2-1-5-4-10-8(14)11-7(5)3-6/h1-3H,4H2,(H2,10,11,14). The Morgan fingerprint density at radius 2 is 2.36 bits per heavy atom. The van der Waals surface area contributed by atoms with E-state index in [1.165, 1.54) is 0 Å². The minimum Gasteiger partial charge on any atom is -0.334 e. The van der Waals surface area contributed by atoms with Crippen LogP contribution in [-0.2, 0) is 6.54 Å². The molecule has 0 saturated heterocycles. The third kappa shape index (κ3) is 1.46. The second kappa shape index (κ2) is 3.27. The van der Waals surface area contributed by atoms with E-state index in [2.05, 4.69) is 20.7 Å². The van der Waals surface area contributed by atoms with Gasteiger partial charge in [0.05, 0.1) is 0 Å². The minimum atomic E-state index is -0.240. The van der Waals surface area contributed by atoms with Gasteiger partial charge in [0.2, 0.25) is 0 Å². The Morgan fingerprint density at radius 3 is 3.14 bits per heavy atom. The summed E-state index contributed by atoms with van der Waals surface area (Å²) < 4.78 is 0. The number of hydrogen-bond donors (Lipinski definition) is 2.